The van der Waals surface area contributed by atoms with Gasteiger partial charge in [0, 0.05) is 64.5 Å². The summed E-state index contributed by atoms with van der Waals surface area (Å²) in [5.41, 5.74) is 1.78. The number of non-ortho nitro benzene ring substituents is 1. The van der Waals surface area contributed by atoms with Crippen molar-refractivity contribution in [2.75, 3.05) is 25.5 Å². The van der Waals surface area contributed by atoms with Gasteiger partial charge in [0.05, 0.1) is 17.5 Å². The van der Waals surface area contributed by atoms with Gasteiger partial charge in [-0.25, -0.2) is 0 Å². The zero-order valence-corrected chi connectivity index (χ0v) is 23.5. The van der Waals surface area contributed by atoms with Crippen LogP contribution in [-0.2, 0) is 0 Å². The first-order valence-electron chi connectivity index (χ1n) is 12.0. The lowest BCUT2D eigenvalue weighted by Crippen LogP contribution is -2.47. The van der Waals surface area contributed by atoms with Crippen molar-refractivity contribution in [1.82, 2.24) is 9.88 Å². The summed E-state index contributed by atoms with van der Waals surface area (Å²) >= 11 is 7.33. The third kappa shape index (κ3) is 6.18. The highest BCUT2D eigenvalue weighted by Crippen LogP contribution is 2.35. The number of nitrogens with zero attached hydrogens (tertiary/aromatic N) is 3. The molecule has 0 spiro atoms. The van der Waals surface area contributed by atoms with E-state index >= 15 is 0 Å². The molecule has 194 valence electrons. The van der Waals surface area contributed by atoms with Gasteiger partial charge in [0.1, 0.15) is 5.75 Å². The van der Waals surface area contributed by atoms with Crippen LogP contribution in [0.5, 0.6) is 5.75 Å². The van der Waals surface area contributed by atoms with E-state index < -0.39 is 4.92 Å². The van der Waals surface area contributed by atoms with Crippen molar-refractivity contribution in [2.24, 2.45) is 11.8 Å². The normalized spacial score (nSPS) is 18.4. The lowest BCUT2D eigenvalue weighted by molar-refractivity contribution is -0.384. The highest BCUT2D eigenvalue weighted by Gasteiger charge is 2.35. The summed E-state index contributed by atoms with van der Waals surface area (Å²) in [6.07, 6.45) is 3.55. The summed E-state index contributed by atoms with van der Waals surface area (Å²) in [4.78, 5) is 43.2. The Morgan fingerprint density at radius 3 is 2.65 bits per heavy atom. The topological polar surface area (TPSA) is 103 Å². The molecule has 0 N–H and O–H groups in total. The average Bonchev–Trinajstić information content (AvgIpc) is 2.94. The van der Waals surface area contributed by atoms with E-state index in [1.807, 2.05) is 23.1 Å². The second kappa shape index (κ2) is 12.1. The van der Waals surface area contributed by atoms with Crippen molar-refractivity contribution in [1.29, 1.82) is 0 Å². The number of pyridine rings is 1. The predicted molar refractivity (Wildman–Crippen MR) is 149 cm³/mol. The molecule has 0 radical (unpaired) electrons. The number of amides is 1. The number of halogens is 2. The molecule has 0 bridgehead atoms. The number of hydrogen-bond donors (Lipinski definition) is 0. The lowest BCUT2D eigenvalue weighted by atomic mass is 9.79. The van der Waals surface area contributed by atoms with Gasteiger partial charge in [0.15, 0.2) is 5.78 Å². The summed E-state index contributed by atoms with van der Waals surface area (Å²) in [5, 5.41) is 12.4. The molecule has 37 heavy (non-hydrogen) atoms. The van der Waals surface area contributed by atoms with Crippen LogP contribution < -0.4 is 4.74 Å². The molecule has 2 heterocycles. The number of nitro groups is 1. The monoisotopic (exact) mass is 631 g/mol. The van der Waals surface area contributed by atoms with E-state index in [0.29, 0.717) is 42.8 Å². The van der Waals surface area contributed by atoms with Gasteiger partial charge in [0.25, 0.3) is 11.6 Å². The number of benzene rings is 2. The number of alkyl halides is 2. The molecule has 10 heteroatoms. The molecule has 3 unspecified atom stereocenters. The fourth-order valence-corrected chi connectivity index (χ4v) is 6.03. The highest BCUT2D eigenvalue weighted by atomic mass is 79.9. The minimum absolute atomic E-state index is 0.0435. The average molecular weight is 633 g/mol. The molecule has 8 nitrogen and oxygen atoms in total. The van der Waals surface area contributed by atoms with Gasteiger partial charge >= 0.3 is 0 Å². The number of methoxy groups -OCH3 is 1. The molecule has 1 fully saturated rings. The number of piperidine rings is 1. The van der Waals surface area contributed by atoms with E-state index in [0.717, 1.165) is 22.7 Å². The van der Waals surface area contributed by atoms with Crippen molar-refractivity contribution in [3.63, 3.8) is 0 Å². The number of Topliss-reactive ketones (excluding diaryl/α,β-unsaturated/α-hetero) is 1. The number of ether oxygens (including phenoxy) is 1. The Kier molecular flexibility index (Phi) is 8.91. The molecular weight excluding hydrogens is 606 g/mol. The van der Waals surface area contributed by atoms with Crippen LogP contribution in [0.3, 0.4) is 0 Å². The number of ketones is 1. The first-order chi connectivity index (χ1) is 17.8. The maximum atomic E-state index is 13.3. The number of carbonyl (C=O) groups excluding carboxylic acids is 2. The third-order valence-corrected chi connectivity index (χ3v) is 9.59. The van der Waals surface area contributed by atoms with E-state index in [-0.39, 0.29) is 34.0 Å². The SMILES string of the molecule is COc1ccc2nccc(C(=O)CCC3CCN(C(=O)c4ccc([N+](=O)[O-])cc4)CC3C(Br)CBr)c2c1. The van der Waals surface area contributed by atoms with Gasteiger partial charge in [-0.2, -0.15) is 0 Å². The largest absolute Gasteiger partial charge is 0.497 e. The summed E-state index contributed by atoms with van der Waals surface area (Å²) < 4.78 is 5.33. The van der Waals surface area contributed by atoms with Crippen molar-refractivity contribution in [2.45, 2.75) is 24.1 Å². The number of fused-ring (bicyclic) bond motifs is 1. The van der Waals surface area contributed by atoms with Crippen LogP contribution in [0.15, 0.2) is 54.7 Å². The van der Waals surface area contributed by atoms with Crippen molar-refractivity contribution in [3.05, 3.63) is 76.0 Å². The van der Waals surface area contributed by atoms with Crippen LogP contribution in [-0.4, -0.2) is 56.9 Å². The predicted octanol–water partition coefficient (Wildman–Crippen LogP) is 6.05. The number of hydrogen-bond acceptors (Lipinski definition) is 6. The van der Waals surface area contributed by atoms with Gasteiger partial charge < -0.3 is 9.64 Å². The fraction of sp³-hybridized carbons (Fsp3) is 0.370. The number of rotatable bonds is 9. The molecule has 1 saturated heterocycles. The van der Waals surface area contributed by atoms with Crippen LogP contribution >= 0.6 is 31.9 Å². The molecule has 1 aliphatic heterocycles. The molecule has 0 saturated carbocycles. The molecule has 4 rings (SSSR count). The third-order valence-electron chi connectivity index (χ3n) is 7.02. The van der Waals surface area contributed by atoms with Gasteiger partial charge in [-0.15, -0.1) is 0 Å². The number of aromatic nitrogens is 1. The maximum absolute atomic E-state index is 13.3. The summed E-state index contributed by atoms with van der Waals surface area (Å²) in [6.45, 7) is 1.12. The summed E-state index contributed by atoms with van der Waals surface area (Å²) in [5.74, 6) is 1.01. The standard InChI is InChI=1S/C27H27Br2N3O5/c1-37-20-7-8-25-22(14-20)21(10-12-30-25)26(33)9-4-17-11-13-31(16-23(17)24(29)15-28)27(34)18-2-5-19(6-3-18)32(35)36/h2-3,5-8,10,12,14,17,23-24H,4,9,11,13,15-16H2,1H3. The molecule has 1 amide bonds. The van der Waals surface area contributed by atoms with Crippen LogP contribution in [0.2, 0.25) is 0 Å². The van der Waals surface area contributed by atoms with Gasteiger partial charge in [-0.1, -0.05) is 31.9 Å². The van der Waals surface area contributed by atoms with E-state index in [9.17, 15) is 19.7 Å². The van der Waals surface area contributed by atoms with Gasteiger partial charge in [0.2, 0.25) is 0 Å². The van der Waals surface area contributed by atoms with Gasteiger partial charge in [-0.3, -0.25) is 24.7 Å². The second-order valence-corrected chi connectivity index (χ2v) is 11.0. The van der Waals surface area contributed by atoms with Crippen molar-refractivity contribution >= 4 is 60.1 Å². The molecule has 1 aromatic heterocycles. The lowest BCUT2D eigenvalue weighted by Gasteiger charge is -2.40. The Balaban J connectivity index is 1.45. The molecule has 2 aromatic carbocycles. The zero-order valence-electron chi connectivity index (χ0n) is 20.3. The Hall–Kier alpha value is -2.85. The Morgan fingerprint density at radius 2 is 1.97 bits per heavy atom. The first kappa shape index (κ1) is 27.2. The molecule has 3 aromatic rings. The first-order valence-corrected chi connectivity index (χ1v) is 14.1. The van der Waals surface area contributed by atoms with Crippen LogP contribution in [0, 0.1) is 22.0 Å². The van der Waals surface area contributed by atoms with E-state index in [1.165, 1.54) is 24.3 Å². The molecule has 0 aliphatic carbocycles. The Morgan fingerprint density at radius 1 is 1.22 bits per heavy atom. The number of carbonyl (C=O) groups is 2. The number of likely N-dealkylation sites (tertiary alicyclic amines) is 1. The van der Waals surface area contributed by atoms with E-state index in [2.05, 4.69) is 36.8 Å². The van der Waals surface area contributed by atoms with E-state index in [1.54, 1.807) is 19.4 Å². The van der Waals surface area contributed by atoms with Crippen molar-refractivity contribution in [3.8, 4) is 5.75 Å². The zero-order chi connectivity index (χ0) is 26.5. The van der Waals surface area contributed by atoms with Crippen LogP contribution in [0.1, 0.15) is 40.0 Å². The minimum atomic E-state index is -0.478. The molecule has 1 aliphatic rings. The smallest absolute Gasteiger partial charge is 0.269 e. The summed E-state index contributed by atoms with van der Waals surface area (Å²) in [6, 6.07) is 13.0. The van der Waals surface area contributed by atoms with Crippen molar-refractivity contribution < 1.29 is 19.2 Å². The Labute approximate surface area is 231 Å². The van der Waals surface area contributed by atoms with Gasteiger partial charge in [-0.05, 0) is 61.1 Å². The quantitative estimate of drug-likeness (QED) is 0.123. The highest BCUT2D eigenvalue weighted by molar-refractivity contribution is 9.12. The fourth-order valence-electron chi connectivity index (χ4n) is 4.95. The van der Waals surface area contributed by atoms with Crippen LogP contribution in [0.4, 0.5) is 5.69 Å². The Bertz CT molecular complexity index is 1300. The second-order valence-electron chi connectivity index (χ2n) is 9.14. The molecular formula is C27H27Br2N3O5. The van der Waals surface area contributed by atoms with Crippen LogP contribution in [0.25, 0.3) is 10.9 Å². The molecule has 3 atom stereocenters. The summed E-state index contributed by atoms with van der Waals surface area (Å²) in [7, 11) is 1.60. The van der Waals surface area contributed by atoms with E-state index in [4.69, 9.17) is 4.74 Å². The minimum Gasteiger partial charge on any atom is -0.497 e. The number of nitro benzene ring substituents is 1. The maximum Gasteiger partial charge on any atom is 0.269 e.